The molecule has 13 heavy (non-hydrogen) atoms. The third kappa shape index (κ3) is 3.63. The maximum absolute atomic E-state index is 2.56. The molecule has 0 saturated carbocycles. The second kappa shape index (κ2) is 5.58. The Bertz CT molecular complexity index is 130. The van der Waals surface area contributed by atoms with Crippen molar-refractivity contribution >= 4 is 0 Å². The van der Waals surface area contributed by atoms with Crippen LogP contribution in [0.5, 0.6) is 0 Å². The van der Waals surface area contributed by atoms with E-state index in [0.29, 0.717) is 0 Å². The summed E-state index contributed by atoms with van der Waals surface area (Å²) in [6, 6.07) is 0. The van der Waals surface area contributed by atoms with Gasteiger partial charge in [-0.1, -0.05) is 6.92 Å². The zero-order chi connectivity index (χ0) is 9.68. The van der Waals surface area contributed by atoms with Crippen molar-refractivity contribution in [2.24, 2.45) is 0 Å². The molecule has 0 N–H and O–H groups in total. The lowest BCUT2D eigenvalue weighted by Gasteiger charge is -2.29. The molecule has 0 aromatic heterocycles. The highest BCUT2D eigenvalue weighted by molar-refractivity contribution is 4.67. The fourth-order valence-corrected chi connectivity index (χ4v) is 1.90. The molecule has 1 heterocycles. The van der Waals surface area contributed by atoms with Crippen molar-refractivity contribution in [2.45, 2.75) is 19.8 Å². The van der Waals surface area contributed by atoms with E-state index in [0.717, 1.165) is 6.54 Å². The van der Waals surface area contributed by atoms with Gasteiger partial charge in [-0.05, 0) is 25.9 Å². The standard InChI is InChI=1S/C10H23N3/c1-4-13(11(2)3)10-9-12-7-5-6-8-12/h4-10H2,1-3H3. The minimum atomic E-state index is 1.11. The number of rotatable bonds is 5. The van der Waals surface area contributed by atoms with E-state index in [4.69, 9.17) is 0 Å². The van der Waals surface area contributed by atoms with Crippen molar-refractivity contribution in [2.75, 3.05) is 46.8 Å². The summed E-state index contributed by atoms with van der Waals surface area (Å²) in [6.07, 6.45) is 2.79. The molecule has 0 spiro atoms. The first kappa shape index (κ1) is 11.0. The summed E-state index contributed by atoms with van der Waals surface area (Å²) in [4.78, 5) is 2.56. The highest BCUT2D eigenvalue weighted by atomic mass is 15.6. The fraction of sp³-hybridized carbons (Fsp3) is 1.00. The van der Waals surface area contributed by atoms with E-state index in [1.807, 2.05) is 0 Å². The van der Waals surface area contributed by atoms with Gasteiger partial charge < -0.3 is 4.90 Å². The van der Waals surface area contributed by atoms with Crippen LogP contribution in [0.2, 0.25) is 0 Å². The minimum absolute atomic E-state index is 1.11. The van der Waals surface area contributed by atoms with Crippen LogP contribution in [0.15, 0.2) is 0 Å². The van der Waals surface area contributed by atoms with Gasteiger partial charge >= 0.3 is 0 Å². The Morgan fingerprint density at radius 1 is 1.15 bits per heavy atom. The van der Waals surface area contributed by atoms with E-state index in [9.17, 15) is 0 Å². The molecule has 3 nitrogen and oxygen atoms in total. The van der Waals surface area contributed by atoms with Crippen molar-refractivity contribution in [3.05, 3.63) is 0 Å². The van der Waals surface area contributed by atoms with Crippen LogP contribution in [0.4, 0.5) is 0 Å². The topological polar surface area (TPSA) is 9.72 Å². The van der Waals surface area contributed by atoms with E-state index >= 15 is 0 Å². The van der Waals surface area contributed by atoms with Crippen LogP contribution in [-0.2, 0) is 0 Å². The second-order valence-electron chi connectivity index (χ2n) is 3.94. The second-order valence-corrected chi connectivity index (χ2v) is 3.94. The molecular formula is C10H23N3. The lowest BCUT2D eigenvalue weighted by Crippen LogP contribution is -2.41. The van der Waals surface area contributed by atoms with E-state index in [1.54, 1.807) is 0 Å². The maximum atomic E-state index is 2.56. The quantitative estimate of drug-likeness (QED) is 0.589. The molecule has 1 saturated heterocycles. The third-order valence-electron chi connectivity index (χ3n) is 2.80. The summed E-state index contributed by atoms with van der Waals surface area (Å²) < 4.78 is 0. The molecule has 0 radical (unpaired) electrons. The van der Waals surface area contributed by atoms with Crippen LogP contribution < -0.4 is 0 Å². The molecule has 1 rings (SSSR count). The minimum Gasteiger partial charge on any atom is -0.302 e. The van der Waals surface area contributed by atoms with E-state index in [1.165, 1.54) is 39.0 Å². The number of nitrogens with zero attached hydrogens (tertiary/aromatic N) is 3. The molecule has 0 aromatic rings. The molecule has 1 aliphatic rings. The summed E-state index contributed by atoms with van der Waals surface area (Å²) in [6.45, 7) is 8.34. The van der Waals surface area contributed by atoms with Gasteiger partial charge in [0.15, 0.2) is 0 Å². The largest absolute Gasteiger partial charge is 0.302 e. The van der Waals surface area contributed by atoms with E-state index in [-0.39, 0.29) is 0 Å². The average Bonchev–Trinajstić information content (AvgIpc) is 2.57. The molecular weight excluding hydrogens is 162 g/mol. The van der Waals surface area contributed by atoms with Crippen molar-refractivity contribution < 1.29 is 0 Å². The predicted octanol–water partition coefficient (Wildman–Crippen LogP) is 0.881. The Hall–Kier alpha value is -0.120. The first-order valence-corrected chi connectivity index (χ1v) is 5.38. The zero-order valence-corrected chi connectivity index (χ0v) is 9.29. The Balaban J connectivity index is 2.15. The van der Waals surface area contributed by atoms with E-state index < -0.39 is 0 Å². The molecule has 78 valence electrons. The summed E-state index contributed by atoms with van der Waals surface area (Å²) in [5, 5.41) is 4.56. The fourth-order valence-electron chi connectivity index (χ4n) is 1.90. The van der Waals surface area contributed by atoms with Crippen molar-refractivity contribution in [1.82, 2.24) is 14.9 Å². The molecule has 0 aromatic carbocycles. The van der Waals surface area contributed by atoms with Gasteiger partial charge in [-0.15, -0.1) is 0 Å². The Morgan fingerprint density at radius 3 is 2.23 bits per heavy atom. The van der Waals surface area contributed by atoms with Gasteiger partial charge in [-0.3, -0.25) is 0 Å². The molecule has 0 bridgehead atoms. The Labute approximate surface area is 82.3 Å². The van der Waals surface area contributed by atoms with Crippen molar-refractivity contribution in [3.63, 3.8) is 0 Å². The summed E-state index contributed by atoms with van der Waals surface area (Å²) in [5.74, 6) is 0. The normalized spacial score (nSPS) is 19.2. The highest BCUT2D eigenvalue weighted by Gasteiger charge is 2.12. The smallest absolute Gasteiger partial charge is 0.0260 e. The Kier molecular flexibility index (Phi) is 4.70. The number of hydrogen-bond acceptors (Lipinski definition) is 3. The lowest BCUT2D eigenvalue weighted by molar-refractivity contribution is 0.0235. The van der Waals surface area contributed by atoms with Crippen molar-refractivity contribution in [3.8, 4) is 0 Å². The van der Waals surface area contributed by atoms with Crippen LogP contribution >= 0.6 is 0 Å². The van der Waals surface area contributed by atoms with Crippen LogP contribution in [0.1, 0.15) is 19.8 Å². The van der Waals surface area contributed by atoms with E-state index in [2.05, 4.69) is 35.9 Å². The maximum Gasteiger partial charge on any atom is 0.0260 e. The molecule has 0 aliphatic carbocycles. The number of hydrazine groups is 1. The van der Waals surface area contributed by atoms with Crippen molar-refractivity contribution in [1.29, 1.82) is 0 Å². The Morgan fingerprint density at radius 2 is 1.77 bits per heavy atom. The van der Waals surface area contributed by atoms with Gasteiger partial charge in [0.25, 0.3) is 0 Å². The summed E-state index contributed by atoms with van der Waals surface area (Å²) >= 11 is 0. The van der Waals surface area contributed by atoms with Gasteiger partial charge in [0.05, 0.1) is 0 Å². The number of likely N-dealkylation sites (tertiary alicyclic amines) is 1. The van der Waals surface area contributed by atoms with Gasteiger partial charge in [0.2, 0.25) is 0 Å². The van der Waals surface area contributed by atoms with Crippen LogP contribution in [0.25, 0.3) is 0 Å². The summed E-state index contributed by atoms with van der Waals surface area (Å²) in [5.41, 5.74) is 0. The average molecular weight is 185 g/mol. The molecule has 3 heteroatoms. The van der Waals surface area contributed by atoms with Gasteiger partial charge in [0, 0.05) is 33.7 Å². The molecule has 1 aliphatic heterocycles. The molecule has 1 fully saturated rings. The van der Waals surface area contributed by atoms with Gasteiger partial charge in [0.1, 0.15) is 0 Å². The SMILES string of the molecule is CCN(CCN1CCCC1)N(C)C. The lowest BCUT2D eigenvalue weighted by atomic mass is 10.4. The van der Waals surface area contributed by atoms with Gasteiger partial charge in [-0.2, -0.15) is 0 Å². The van der Waals surface area contributed by atoms with Gasteiger partial charge in [-0.25, -0.2) is 10.0 Å². The zero-order valence-electron chi connectivity index (χ0n) is 9.29. The first-order chi connectivity index (χ1) is 6.24. The molecule has 0 amide bonds. The summed E-state index contributed by atoms with van der Waals surface area (Å²) in [7, 11) is 4.24. The van der Waals surface area contributed by atoms with Crippen LogP contribution in [-0.4, -0.2) is 61.7 Å². The molecule has 0 atom stereocenters. The number of likely N-dealkylation sites (N-methyl/N-ethyl adjacent to an activating group) is 1. The van der Waals surface area contributed by atoms with Crippen LogP contribution in [0.3, 0.4) is 0 Å². The monoisotopic (exact) mass is 185 g/mol. The predicted molar refractivity (Wildman–Crippen MR) is 56.6 cm³/mol. The van der Waals surface area contributed by atoms with Crippen LogP contribution in [0, 0.1) is 0 Å². The highest BCUT2D eigenvalue weighted by Crippen LogP contribution is 2.06. The third-order valence-corrected chi connectivity index (χ3v) is 2.80. The number of hydrogen-bond donors (Lipinski definition) is 0. The molecule has 0 unspecified atom stereocenters. The first-order valence-electron chi connectivity index (χ1n) is 5.38.